The van der Waals surface area contributed by atoms with E-state index in [0.717, 1.165) is 29.7 Å². The number of aromatic nitrogens is 4. The van der Waals surface area contributed by atoms with Gasteiger partial charge >= 0.3 is 0 Å². The third kappa shape index (κ3) is 2.89. The van der Waals surface area contributed by atoms with Crippen LogP contribution in [0.2, 0.25) is 0 Å². The van der Waals surface area contributed by atoms with E-state index in [-0.39, 0.29) is 5.91 Å². The maximum Gasteiger partial charge on any atom is 0.255 e. The number of carbonyl (C=O) groups excluding carboxylic acids is 1. The monoisotopic (exact) mass is 357 g/mol. The van der Waals surface area contributed by atoms with Gasteiger partial charge in [-0.05, 0) is 73.7 Å². The Kier molecular flexibility index (Phi) is 3.74. The molecule has 0 aliphatic heterocycles. The van der Waals surface area contributed by atoms with Crippen LogP contribution in [0.1, 0.15) is 34.5 Å². The van der Waals surface area contributed by atoms with Gasteiger partial charge in [-0.2, -0.15) is 5.10 Å². The highest BCUT2D eigenvalue weighted by atomic mass is 16.1. The maximum absolute atomic E-state index is 12.7. The van der Waals surface area contributed by atoms with Gasteiger partial charge in [-0.15, -0.1) is 0 Å². The van der Waals surface area contributed by atoms with E-state index in [2.05, 4.69) is 20.4 Å². The largest absolute Gasteiger partial charge is 0.358 e. The zero-order valence-electron chi connectivity index (χ0n) is 14.8. The van der Waals surface area contributed by atoms with Crippen molar-refractivity contribution < 1.29 is 4.79 Å². The van der Waals surface area contributed by atoms with E-state index < -0.39 is 0 Å². The number of hydrogen-bond acceptors (Lipinski definition) is 3. The molecule has 2 aromatic carbocycles. The van der Waals surface area contributed by atoms with Crippen LogP contribution < -0.4 is 5.32 Å². The number of aryl methyl sites for hydroxylation is 2. The molecule has 6 nitrogen and oxygen atoms in total. The van der Waals surface area contributed by atoms with Gasteiger partial charge in [0, 0.05) is 27.8 Å². The Hall–Kier alpha value is -3.41. The Morgan fingerprint density at radius 2 is 1.93 bits per heavy atom. The first-order chi connectivity index (χ1) is 13.3. The molecule has 0 radical (unpaired) electrons. The van der Waals surface area contributed by atoms with Gasteiger partial charge in [-0.25, -0.2) is 9.67 Å². The molecule has 6 heteroatoms. The highest BCUT2D eigenvalue weighted by Crippen LogP contribution is 2.30. The number of nitrogens with one attached hydrogen (secondary N) is 2. The van der Waals surface area contributed by atoms with Crippen LogP contribution in [0, 0.1) is 0 Å². The van der Waals surface area contributed by atoms with Gasteiger partial charge in [0.15, 0.2) is 0 Å². The molecular formula is C21H19N5O. The van der Waals surface area contributed by atoms with E-state index in [9.17, 15) is 4.79 Å². The molecule has 1 aliphatic rings. The van der Waals surface area contributed by atoms with Crippen LogP contribution in [0.3, 0.4) is 0 Å². The lowest BCUT2D eigenvalue weighted by atomic mass is 9.95. The van der Waals surface area contributed by atoms with Gasteiger partial charge in [-0.1, -0.05) is 0 Å². The molecule has 1 aliphatic carbocycles. The average molecular weight is 357 g/mol. The first-order valence-electron chi connectivity index (χ1n) is 9.18. The molecule has 2 N–H and O–H groups in total. The van der Waals surface area contributed by atoms with E-state index in [1.54, 1.807) is 11.0 Å². The number of carbonyl (C=O) groups is 1. The molecule has 0 saturated carbocycles. The number of benzene rings is 2. The van der Waals surface area contributed by atoms with Crippen molar-refractivity contribution >= 4 is 22.5 Å². The van der Waals surface area contributed by atoms with Gasteiger partial charge < -0.3 is 10.3 Å². The van der Waals surface area contributed by atoms with Crippen LogP contribution in [0.5, 0.6) is 0 Å². The number of amides is 1. The summed E-state index contributed by atoms with van der Waals surface area (Å²) in [7, 11) is 0. The number of anilines is 1. The second-order valence-corrected chi connectivity index (χ2v) is 6.89. The minimum atomic E-state index is -0.101. The first kappa shape index (κ1) is 15.8. The summed E-state index contributed by atoms with van der Waals surface area (Å²) in [5.74, 6) is -0.101. The second kappa shape index (κ2) is 6.39. The van der Waals surface area contributed by atoms with Gasteiger partial charge in [0.05, 0.1) is 5.69 Å². The predicted octanol–water partition coefficient (Wildman–Crippen LogP) is 3.88. The predicted molar refractivity (Wildman–Crippen MR) is 104 cm³/mol. The van der Waals surface area contributed by atoms with Gasteiger partial charge in [0.1, 0.15) is 12.7 Å². The third-order valence-corrected chi connectivity index (χ3v) is 5.17. The molecule has 1 amide bonds. The van der Waals surface area contributed by atoms with Crippen LogP contribution in [0.4, 0.5) is 5.69 Å². The van der Waals surface area contributed by atoms with Crippen LogP contribution in [0.15, 0.2) is 55.1 Å². The average Bonchev–Trinajstić information content (AvgIpc) is 3.36. The molecule has 134 valence electrons. The molecule has 2 aromatic heterocycles. The minimum Gasteiger partial charge on any atom is -0.358 e. The van der Waals surface area contributed by atoms with E-state index in [0.29, 0.717) is 5.56 Å². The molecule has 0 fully saturated rings. The van der Waals surface area contributed by atoms with Gasteiger partial charge in [0.2, 0.25) is 0 Å². The van der Waals surface area contributed by atoms with Crippen LogP contribution in [0.25, 0.3) is 16.6 Å². The van der Waals surface area contributed by atoms with Crippen molar-refractivity contribution in [2.45, 2.75) is 25.7 Å². The Morgan fingerprint density at radius 1 is 1.07 bits per heavy atom. The molecule has 0 unspecified atom stereocenters. The van der Waals surface area contributed by atoms with Crippen LogP contribution in [-0.4, -0.2) is 25.7 Å². The summed E-state index contributed by atoms with van der Waals surface area (Å²) in [5, 5.41) is 8.25. The second-order valence-electron chi connectivity index (χ2n) is 6.89. The molecule has 4 aromatic rings. The lowest BCUT2D eigenvalue weighted by Gasteiger charge is -2.10. The Morgan fingerprint density at radius 3 is 2.74 bits per heavy atom. The Labute approximate surface area is 156 Å². The maximum atomic E-state index is 12.7. The van der Waals surface area contributed by atoms with Crippen molar-refractivity contribution in [1.82, 2.24) is 19.7 Å². The van der Waals surface area contributed by atoms with Crippen molar-refractivity contribution in [3.63, 3.8) is 0 Å². The number of hydrogen-bond donors (Lipinski definition) is 2. The Bertz CT molecular complexity index is 1110. The quantitative estimate of drug-likeness (QED) is 0.584. The van der Waals surface area contributed by atoms with Crippen molar-refractivity contribution in [3.05, 3.63) is 71.9 Å². The molecular weight excluding hydrogens is 338 g/mol. The lowest BCUT2D eigenvalue weighted by molar-refractivity contribution is 0.102. The SMILES string of the molecule is O=C(Nc1ccc(-n2cncn2)cc1)c1ccc2[nH]c3c(c2c1)CCCC3. The van der Waals surface area contributed by atoms with E-state index in [1.807, 2.05) is 42.5 Å². The summed E-state index contributed by atoms with van der Waals surface area (Å²) in [4.78, 5) is 20.2. The molecule has 0 atom stereocenters. The highest BCUT2D eigenvalue weighted by Gasteiger charge is 2.17. The molecule has 5 rings (SSSR count). The number of aromatic amines is 1. The van der Waals surface area contributed by atoms with E-state index >= 15 is 0 Å². The normalized spacial score (nSPS) is 13.5. The standard InChI is InChI=1S/C21H19N5O/c27-21(24-15-6-8-16(9-7-15)26-13-22-12-23-26)14-5-10-20-18(11-14)17-3-1-2-4-19(17)25-20/h5-13,25H,1-4H2,(H,24,27). The van der Waals surface area contributed by atoms with Crippen molar-refractivity contribution in [2.24, 2.45) is 0 Å². The van der Waals surface area contributed by atoms with Crippen LogP contribution >= 0.6 is 0 Å². The zero-order chi connectivity index (χ0) is 18.2. The molecule has 0 saturated heterocycles. The number of nitrogens with zero attached hydrogens (tertiary/aromatic N) is 3. The summed E-state index contributed by atoms with van der Waals surface area (Å²) in [6.07, 6.45) is 7.77. The first-order valence-corrected chi connectivity index (χ1v) is 9.18. The lowest BCUT2D eigenvalue weighted by Crippen LogP contribution is -2.11. The summed E-state index contributed by atoms with van der Waals surface area (Å²) in [5.41, 5.74) is 6.15. The molecule has 2 heterocycles. The van der Waals surface area contributed by atoms with Crippen molar-refractivity contribution in [2.75, 3.05) is 5.32 Å². The summed E-state index contributed by atoms with van der Waals surface area (Å²) in [6, 6.07) is 13.4. The van der Waals surface area contributed by atoms with Gasteiger partial charge in [-0.3, -0.25) is 4.79 Å². The zero-order valence-corrected chi connectivity index (χ0v) is 14.8. The minimum absolute atomic E-state index is 0.101. The van der Waals surface area contributed by atoms with E-state index in [4.69, 9.17) is 0 Å². The van der Waals surface area contributed by atoms with Crippen molar-refractivity contribution in [3.8, 4) is 5.69 Å². The molecule has 27 heavy (non-hydrogen) atoms. The van der Waals surface area contributed by atoms with E-state index in [1.165, 1.54) is 35.8 Å². The van der Waals surface area contributed by atoms with Crippen molar-refractivity contribution in [1.29, 1.82) is 0 Å². The Balaban J connectivity index is 1.39. The number of H-pyrrole nitrogens is 1. The highest BCUT2D eigenvalue weighted by molar-refractivity contribution is 6.06. The fraction of sp³-hybridized carbons (Fsp3) is 0.190. The smallest absolute Gasteiger partial charge is 0.255 e. The summed E-state index contributed by atoms with van der Waals surface area (Å²) in [6.45, 7) is 0. The fourth-order valence-corrected chi connectivity index (χ4v) is 3.79. The summed E-state index contributed by atoms with van der Waals surface area (Å²) < 4.78 is 1.68. The fourth-order valence-electron chi connectivity index (χ4n) is 3.79. The number of fused-ring (bicyclic) bond motifs is 3. The van der Waals surface area contributed by atoms with Gasteiger partial charge in [0.25, 0.3) is 5.91 Å². The summed E-state index contributed by atoms with van der Waals surface area (Å²) >= 11 is 0. The third-order valence-electron chi connectivity index (χ3n) is 5.17. The topological polar surface area (TPSA) is 75.6 Å². The van der Waals surface area contributed by atoms with Crippen LogP contribution in [-0.2, 0) is 12.8 Å². The molecule has 0 bridgehead atoms. The molecule has 0 spiro atoms. The number of rotatable bonds is 3.